The van der Waals surface area contributed by atoms with Crippen molar-refractivity contribution >= 4 is 0 Å². The predicted molar refractivity (Wildman–Crippen MR) is 69.2 cm³/mol. The molecule has 1 aromatic rings. The van der Waals surface area contributed by atoms with Crippen molar-refractivity contribution in [1.82, 2.24) is 0 Å². The van der Waals surface area contributed by atoms with Gasteiger partial charge >= 0.3 is 0 Å². The first-order valence-electron chi connectivity index (χ1n) is 6.87. The summed E-state index contributed by atoms with van der Waals surface area (Å²) in [4.78, 5) is 0. The fourth-order valence-corrected chi connectivity index (χ4v) is 2.87. The second-order valence-corrected chi connectivity index (χ2v) is 5.32. The minimum Gasteiger partial charge on any atom is -0.327 e. The van der Waals surface area contributed by atoms with E-state index in [1.165, 1.54) is 43.9 Å². The average Bonchev–Trinajstić information content (AvgIpc) is 2.62. The van der Waals surface area contributed by atoms with Gasteiger partial charge in [0.05, 0.1) is 0 Å². The van der Waals surface area contributed by atoms with Crippen LogP contribution in [-0.2, 0) is 6.42 Å². The molecule has 0 aromatic heterocycles. The number of halogens is 2. The second kappa shape index (κ2) is 6.28. The normalized spacial score (nSPS) is 19.5. The van der Waals surface area contributed by atoms with Gasteiger partial charge in [-0.15, -0.1) is 0 Å². The van der Waals surface area contributed by atoms with Gasteiger partial charge in [0.25, 0.3) is 0 Å². The fraction of sp³-hybridized carbons (Fsp3) is 0.600. The third-order valence-electron chi connectivity index (χ3n) is 4.01. The molecule has 0 radical (unpaired) electrons. The summed E-state index contributed by atoms with van der Waals surface area (Å²) in [6.07, 6.45) is 7.41. The Kier molecular flexibility index (Phi) is 4.70. The van der Waals surface area contributed by atoms with Crippen LogP contribution in [0.15, 0.2) is 18.2 Å². The summed E-state index contributed by atoms with van der Waals surface area (Å²) >= 11 is 0. The molecule has 100 valence electrons. The molecule has 3 heteroatoms. The summed E-state index contributed by atoms with van der Waals surface area (Å²) in [5.41, 5.74) is 6.30. The highest BCUT2D eigenvalue weighted by Gasteiger charge is 2.22. The van der Waals surface area contributed by atoms with Gasteiger partial charge in [-0.1, -0.05) is 31.7 Å². The largest absolute Gasteiger partial charge is 0.327 e. The Morgan fingerprint density at radius 3 is 2.17 bits per heavy atom. The van der Waals surface area contributed by atoms with Crippen molar-refractivity contribution in [2.24, 2.45) is 11.7 Å². The van der Waals surface area contributed by atoms with E-state index in [2.05, 4.69) is 0 Å². The van der Waals surface area contributed by atoms with Crippen LogP contribution in [0.4, 0.5) is 8.78 Å². The standard InChI is InChI=1S/C15H21F2N/c16-13-8-5-9-14(17)12(13)10-15(18)11-6-3-1-2-4-7-11/h5,8-9,11,15H,1-4,6-7,10,18H2. The molecule has 1 unspecified atom stereocenters. The van der Waals surface area contributed by atoms with Crippen molar-refractivity contribution in [2.75, 3.05) is 0 Å². The molecule has 2 rings (SSSR count). The molecular formula is C15H21F2N. The molecule has 0 heterocycles. The molecule has 0 bridgehead atoms. The lowest BCUT2D eigenvalue weighted by molar-refractivity contribution is 0.365. The van der Waals surface area contributed by atoms with E-state index in [1.807, 2.05) is 0 Å². The van der Waals surface area contributed by atoms with Gasteiger partial charge < -0.3 is 5.73 Å². The van der Waals surface area contributed by atoms with E-state index in [0.29, 0.717) is 12.3 Å². The summed E-state index contributed by atoms with van der Waals surface area (Å²) < 4.78 is 27.1. The molecular weight excluding hydrogens is 232 g/mol. The summed E-state index contributed by atoms with van der Waals surface area (Å²) in [6, 6.07) is 3.87. The molecule has 1 nitrogen and oxygen atoms in total. The zero-order valence-electron chi connectivity index (χ0n) is 10.7. The van der Waals surface area contributed by atoms with Gasteiger partial charge in [0, 0.05) is 11.6 Å². The Morgan fingerprint density at radius 1 is 1.06 bits per heavy atom. The smallest absolute Gasteiger partial charge is 0.129 e. The maximum atomic E-state index is 13.6. The average molecular weight is 253 g/mol. The molecule has 0 saturated heterocycles. The number of nitrogens with two attached hydrogens (primary N) is 1. The Hall–Kier alpha value is -0.960. The molecule has 1 saturated carbocycles. The first-order chi connectivity index (χ1) is 8.68. The Bertz CT molecular complexity index is 364. The summed E-state index contributed by atoms with van der Waals surface area (Å²) in [5, 5.41) is 0. The highest BCUT2D eigenvalue weighted by atomic mass is 19.1. The number of rotatable bonds is 3. The Balaban J connectivity index is 2.03. The Morgan fingerprint density at radius 2 is 1.61 bits per heavy atom. The lowest BCUT2D eigenvalue weighted by atomic mass is 9.88. The van der Waals surface area contributed by atoms with Gasteiger partial charge in [0.1, 0.15) is 11.6 Å². The van der Waals surface area contributed by atoms with Gasteiger partial charge in [0.15, 0.2) is 0 Å². The monoisotopic (exact) mass is 253 g/mol. The highest BCUT2D eigenvalue weighted by molar-refractivity contribution is 5.20. The van der Waals surface area contributed by atoms with Gasteiger partial charge in [0.2, 0.25) is 0 Å². The van der Waals surface area contributed by atoms with E-state index in [1.54, 1.807) is 0 Å². The molecule has 0 amide bonds. The summed E-state index contributed by atoms with van der Waals surface area (Å²) in [5.74, 6) is -0.537. The van der Waals surface area contributed by atoms with Crippen molar-refractivity contribution in [3.63, 3.8) is 0 Å². The Labute approximate surface area is 107 Å². The minimum absolute atomic E-state index is 0.130. The van der Waals surface area contributed by atoms with Crippen LogP contribution < -0.4 is 5.73 Å². The molecule has 0 spiro atoms. The van der Waals surface area contributed by atoms with Gasteiger partial charge in [-0.05, 0) is 37.3 Å². The van der Waals surface area contributed by atoms with Gasteiger partial charge in [-0.2, -0.15) is 0 Å². The summed E-state index contributed by atoms with van der Waals surface area (Å²) in [7, 11) is 0. The van der Waals surface area contributed by atoms with Crippen LogP contribution in [0, 0.1) is 17.6 Å². The third kappa shape index (κ3) is 3.29. The molecule has 0 aliphatic heterocycles. The first-order valence-corrected chi connectivity index (χ1v) is 6.87. The van der Waals surface area contributed by atoms with Crippen LogP contribution in [0.2, 0.25) is 0 Å². The van der Waals surface area contributed by atoms with Gasteiger partial charge in [-0.3, -0.25) is 0 Å². The maximum absolute atomic E-state index is 13.6. The zero-order valence-corrected chi connectivity index (χ0v) is 10.7. The van der Waals surface area contributed by atoms with Crippen molar-refractivity contribution in [2.45, 2.75) is 51.0 Å². The van der Waals surface area contributed by atoms with Crippen LogP contribution in [0.3, 0.4) is 0 Å². The lowest BCUT2D eigenvalue weighted by Gasteiger charge is -2.22. The lowest BCUT2D eigenvalue weighted by Crippen LogP contribution is -2.32. The molecule has 1 aliphatic carbocycles. The number of hydrogen-bond acceptors (Lipinski definition) is 1. The van der Waals surface area contributed by atoms with Crippen molar-refractivity contribution in [3.05, 3.63) is 35.4 Å². The molecule has 1 fully saturated rings. The van der Waals surface area contributed by atoms with E-state index in [0.717, 1.165) is 12.8 Å². The van der Waals surface area contributed by atoms with E-state index in [-0.39, 0.29) is 11.6 Å². The van der Waals surface area contributed by atoms with Crippen LogP contribution in [0.5, 0.6) is 0 Å². The molecule has 2 N–H and O–H groups in total. The molecule has 1 atom stereocenters. The summed E-state index contributed by atoms with van der Waals surface area (Å²) in [6.45, 7) is 0. The van der Waals surface area contributed by atoms with Crippen LogP contribution >= 0.6 is 0 Å². The van der Waals surface area contributed by atoms with Crippen molar-refractivity contribution in [1.29, 1.82) is 0 Å². The zero-order chi connectivity index (χ0) is 13.0. The van der Waals surface area contributed by atoms with Gasteiger partial charge in [-0.25, -0.2) is 8.78 Å². The number of benzene rings is 1. The minimum atomic E-state index is -0.473. The van der Waals surface area contributed by atoms with Crippen molar-refractivity contribution in [3.8, 4) is 0 Å². The maximum Gasteiger partial charge on any atom is 0.129 e. The second-order valence-electron chi connectivity index (χ2n) is 5.32. The number of hydrogen-bond donors (Lipinski definition) is 1. The van der Waals surface area contributed by atoms with Crippen LogP contribution in [0.1, 0.15) is 44.1 Å². The first kappa shape index (κ1) is 13.5. The molecule has 18 heavy (non-hydrogen) atoms. The van der Waals surface area contributed by atoms with E-state index in [4.69, 9.17) is 5.73 Å². The SMILES string of the molecule is NC(Cc1c(F)cccc1F)C1CCCCCC1. The van der Waals surface area contributed by atoms with Crippen LogP contribution in [-0.4, -0.2) is 6.04 Å². The van der Waals surface area contributed by atoms with E-state index in [9.17, 15) is 8.78 Å². The quantitative estimate of drug-likeness (QED) is 0.815. The van der Waals surface area contributed by atoms with E-state index >= 15 is 0 Å². The molecule has 1 aromatic carbocycles. The van der Waals surface area contributed by atoms with Crippen LogP contribution in [0.25, 0.3) is 0 Å². The topological polar surface area (TPSA) is 26.0 Å². The van der Waals surface area contributed by atoms with E-state index < -0.39 is 11.6 Å². The molecule has 1 aliphatic rings. The predicted octanol–water partition coefficient (Wildman–Crippen LogP) is 3.81. The van der Waals surface area contributed by atoms with Crippen molar-refractivity contribution < 1.29 is 8.78 Å². The third-order valence-corrected chi connectivity index (χ3v) is 4.01. The fourth-order valence-electron chi connectivity index (χ4n) is 2.87. The highest BCUT2D eigenvalue weighted by Crippen LogP contribution is 2.27.